The molecule has 3 heterocycles. The first-order valence-electron chi connectivity index (χ1n) is 10.5. The third-order valence-electron chi connectivity index (χ3n) is 5.93. The van der Waals surface area contributed by atoms with Gasteiger partial charge in [-0.3, -0.25) is 4.79 Å². The molecule has 0 radical (unpaired) electrons. The molecular formula is C21H30N6O. The number of hydrogen-bond acceptors (Lipinski definition) is 5. The predicted molar refractivity (Wildman–Crippen MR) is 109 cm³/mol. The number of hydrogen-bond donors (Lipinski definition) is 1. The van der Waals surface area contributed by atoms with Gasteiger partial charge in [-0.1, -0.05) is 19.3 Å². The first-order chi connectivity index (χ1) is 13.6. The Hall–Kier alpha value is -2.44. The van der Waals surface area contributed by atoms with E-state index in [0.29, 0.717) is 12.6 Å². The van der Waals surface area contributed by atoms with Gasteiger partial charge in [-0.05, 0) is 57.7 Å². The summed E-state index contributed by atoms with van der Waals surface area (Å²) in [6.45, 7) is 5.61. The molecule has 0 aromatic carbocycles. The molecular weight excluding hydrogens is 352 g/mol. The van der Waals surface area contributed by atoms with E-state index in [1.165, 1.54) is 19.3 Å². The quantitative estimate of drug-likeness (QED) is 0.880. The maximum atomic E-state index is 12.7. The summed E-state index contributed by atoms with van der Waals surface area (Å²) >= 11 is 0. The SMILES string of the molecule is Cc1cc(C)n(-c2ccc(N3CCC[C@@H](C(=O)NC4CCCCC4)C3)nn2)n1. The Kier molecular flexibility index (Phi) is 5.59. The van der Waals surface area contributed by atoms with Crippen LogP contribution in [0.2, 0.25) is 0 Å². The fraction of sp³-hybridized carbons (Fsp3) is 0.619. The Labute approximate surface area is 166 Å². The molecule has 1 atom stereocenters. The van der Waals surface area contributed by atoms with Crippen LogP contribution in [0.25, 0.3) is 5.82 Å². The summed E-state index contributed by atoms with van der Waals surface area (Å²) in [4.78, 5) is 14.9. The second kappa shape index (κ2) is 8.29. The minimum atomic E-state index is 0.0353. The number of anilines is 1. The summed E-state index contributed by atoms with van der Waals surface area (Å²) in [5.74, 6) is 1.80. The highest BCUT2D eigenvalue weighted by atomic mass is 16.2. The third-order valence-corrected chi connectivity index (χ3v) is 5.93. The highest BCUT2D eigenvalue weighted by molar-refractivity contribution is 5.79. The molecule has 1 amide bonds. The number of nitrogens with one attached hydrogen (secondary N) is 1. The zero-order valence-corrected chi connectivity index (χ0v) is 16.9. The maximum Gasteiger partial charge on any atom is 0.225 e. The molecule has 2 fully saturated rings. The van der Waals surface area contributed by atoms with Crippen LogP contribution in [0.4, 0.5) is 5.82 Å². The van der Waals surface area contributed by atoms with Gasteiger partial charge in [-0.15, -0.1) is 10.2 Å². The molecule has 28 heavy (non-hydrogen) atoms. The molecule has 0 bridgehead atoms. The van der Waals surface area contributed by atoms with Crippen molar-refractivity contribution in [1.29, 1.82) is 0 Å². The number of piperidine rings is 1. The van der Waals surface area contributed by atoms with Gasteiger partial charge < -0.3 is 10.2 Å². The van der Waals surface area contributed by atoms with Crippen molar-refractivity contribution in [2.24, 2.45) is 5.92 Å². The number of nitrogens with zero attached hydrogens (tertiary/aromatic N) is 5. The van der Waals surface area contributed by atoms with E-state index in [1.807, 2.05) is 36.7 Å². The molecule has 2 aromatic rings. The Morgan fingerprint density at radius 3 is 2.46 bits per heavy atom. The lowest BCUT2D eigenvalue weighted by Crippen LogP contribution is -2.46. The molecule has 1 N–H and O–H groups in total. The first kappa shape index (κ1) is 18.9. The van der Waals surface area contributed by atoms with Crippen LogP contribution in [0.15, 0.2) is 18.2 Å². The normalized spacial score (nSPS) is 20.9. The van der Waals surface area contributed by atoms with Gasteiger partial charge in [0.2, 0.25) is 5.91 Å². The van der Waals surface area contributed by atoms with Crippen LogP contribution in [-0.4, -0.2) is 45.0 Å². The van der Waals surface area contributed by atoms with E-state index in [-0.39, 0.29) is 11.8 Å². The fourth-order valence-electron chi connectivity index (χ4n) is 4.43. The lowest BCUT2D eigenvalue weighted by molar-refractivity contribution is -0.126. The maximum absolute atomic E-state index is 12.7. The highest BCUT2D eigenvalue weighted by Gasteiger charge is 2.28. The van der Waals surface area contributed by atoms with Gasteiger partial charge in [0.15, 0.2) is 11.6 Å². The van der Waals surface area contributed by atoms with Gasteiger partial charge >= 0.3 is 0 Å². The van der Waals surface area contributed by atoms with E-state index in [0.717, 1.165) is 55.3 Å². The fourth-order valence-corrected chi connectivity index (χ4v) is 4.43. The van der Waals surface area contributed by atoms with Crippen molar-refractivity contribution < 1.29 is 4.79 Å². The van der Waals surface area contributed by atoms with Crippen LogP contribution in [0, 0.1) is 19.8 Å². The average Bonchev–Trinajstić information content (AvgIpc) is 3.07. The molecule has 7 nitrogen and oxygen atoms in total. The van der Waals surface area contributed by atoms with Crippen molar-refractivity contribution >= 4 is 11.7 Å². The van der Waals surface area contributed by atoms with Gasteiger partial charge in [0.1, 0.15) is 0 Å². The van der Waals surface area contributed by atoms with Crippen molar-refractivity contribution in [1.82, 2.24) is 25.3 Å². The molecule has 2 aromatic heterocycles. The zero-order chi connectivity index (χ0) is 19.5. The number of amides is 1. The summed E-state index contributed by atoms with van der Waals surface area (Å²) in [7, 11) is 0. The molecule has 0 unspecified atom stereocenters. The smallest absolute Gasteiger partial charge is 0.225 e. The van der Waals surface area contributed by atoms with Gasteiger partial charge in [0.25, 0.3) is 0 Å². The number of rotatable bonds is 4. The minimum Gasteiger partial charge on any atom is -0.354 e. The minimum absolute atomic E-state index is 0.0353. The van der Waals surface area contributed by atoms with Crippen LogP contribution in [-0.2, 0) is 4.79 Å². The van der Waals surface area contributed by atoms with E-state index in [1.54, 1.807) is 0 Å². The predicted octanol–water partition coefficient (Wildman–Crippen LogP) is 2.94. The van der Waals surface area contributed by atoms with E-state index in [4.69, 9.17) is 0 Å². The number of aromatic nitrogens is 4. The molecule has 2 aliphatic rings. The van der Waals surface area contributed by atoms with Crippen molar-refractivity contribution in [3.63, 3.8) is 0 Å². The van der Waals surface area contributed by atoms with Crippen LogP contribution in [0.1, 0.15) is 56.3 Å². The molecule has 150 valence electrons. The van der Waals surface area contributed by atoms with Crippen LogP contribution in [0.5, 0.6) is 0 Å². The second-order valence-corrected chi connectivity index (χ2v) is 8.22. The summed E-state index contributed by atoms with van der Waals surface area (Å²) in [5.41, 5.74) is 2.00. The molecule has 1 saturated heterocycles. The summed E-state index contributed by atoms with van der Waals surface area (Å²) < 4.78 is 1.81. The van der Waals surface area contributed by atoms with Crippen LogP contribution >= 0.6 is 0 Å². The van der Waals surface area contributed by atoms with Crippen molar-refractivity contribution in [3.8, 4) is 5.82 Å². The lowest BCUT2D eigenvalue weighted by atomic mass is 9.93. The topological polar surface area (TPSA) is 75.9 Å². The van der Waals surface area contributed by atoms with E-state index < -0.39 is 0 Å². The van der Waals surface area contributed by atoms with Gasteiger partial charge in [0, 0.05) is 24.8 Å². The highest BCUT2D eigenvalue weighted by Crippen LogP contribution is 2.23. The Morgan fingerprint density at radius 2 is 1.79 bits per heavy atom. The number of aryl methyl sites for hydroxylation is 2. The van der Waals surface area contributed by atoms with Gasteiger partial charge in [-0.25, -0.2) is 4.68 Å². The summed E-state index contributed by atoms with van der Waals surface area (Å²) in [6.07, 6.45) is 7.98. The molecule has 0 spiro atoms. The Morgan fingerprint density at radius 1 is 1.04 bits per heavy atom. The third kappa shape index (κ3) is 4.18. The van der Waals surface area contributed by atoms with Crippen molar-refractivity contribution in [3.05, 3.63) is 29.6 Å². The Balaban J connectivity index is 1.40. The van der Waals surface area contributed by atoms with Crippen molar-refractivity contribution in [2.75, 3.05) is 18.0 Å². The largest absolute Gasteiger partial charge is 0.354 e. The standard InChI is InChI=1S/C21H30N6O/c1-15-13-16(2)27(25-15)20-11-10-19(23-24-20)26-12-6-7-17(14-26)21(28)22-18-8-4-3-5-9-18/h10-11,13,17-18H,3-9,12,14H2,1-2H3,(H,22,28)/t17-/m1/s1. The molecule has 4 rings (SSSR count). The van der Waals surface area contributed by atoms with Gasteiger partial charge in [-0.2, -0.15) is 5.10 Å². The molecule has 1 aliphatic carbocycles. The average molecular weight is 383 g/mol. The first-order valence-corrected chi connectivity index (χ1v) is 10.5. The summed E-state index contributed by atoms with van der Waals surface area (Å²) in [6, 6.07) is 6.33. The van der Waals surface area contributed by atoms with E-state index in [9.17, 15) is 4.79 Å². The second-order valence-electron chi connectivity index (χ2n) is 8.22. The Bertz CT molecular complexity index is 809. The van der Waals surface area contributed by atoms with Gasteiger partial charge in [0.05, 0.1) is 11.6 Å². The molecule has 1 aliphatic heterocycles. The zero-order valence-electron chi connectivity index (χ0n) is 16.9. The van der Waals surface area contributed by atoms with Crippen LogP contribution < -0.4 is 10.2 Å². The van der Waals surface area contributed by atoms with Crippen molar-refractivity contribution in [2.45, 2.75) is 64.8 Å². The van der Waals surface area contributed by atoms with E-state index in [2.05, 4.69) is 25.5 Å². The lowest BCUT2D eigenvalue weighted by Gasteiger charge is -2.34. The summed E-state index contributed by atoms with van der Waals surface area (Å²) in [5, 5.41) is 16.5. The van der Waals surface area contributed by atoms with Crippen LogP contribution in [0.3, 0.4) is 0 Å². The number of carbonyl (C=O) groups is 1. The molecule has 1 saturated carbocycles. The monoisotopic (exact) mass is 382 g/mol. The van der Waals surface area contributed by atoms with E-state index >= 15 is 0 Å². The number of carbonyl (C=O) groups excluding carboxylic acids is 1. The molecule has 7 heteroatoms.